The molecular weight excluding hydrogens is 238 g/mol. The van der Waals surface area contributed by atoms with Gasteiger partial charge in [0.1, 0.15) is 0 Å². The van der Waals surface area contributed by atoms with Crippen LogP contribution in [0.3, 0.4) is 0 Å². The summed E-state index contributed by atoms with van der Waals surface area (Å²) in [4.78, 5) is 11.0. The molecule has 0 heterocycles. The normalized spacial score (nSPS) is 23.1. The summed E-state index contributed by atoms with van der Waals surface area (Å²) in [6, 6.07) is 5.79. The molecule has 0 spiro atoms. The SMILES string of the molecule is CCC1CCCC(Nc2cc(C(=O)O)ccc2C)C1. The van der Waals surface area contributed by atoms with E-state index in [0.29, 0.717) is 11.6 Å². The van der Waals surface area contributed by atoms with E-state index in [1.807, 2.05) is 13.0 Å². The maximum absolute atomic E-state index is 11.0. The number of carboxylic acids is 1. The second-order valence-corrected chi connectivity index (χ2v) is 5.62. The lowest BCUT2D eigenvalue weighted by atomic mass is 9.84. The molecule has 3 nitrogen and oxygen atoms in total. The van der Waals surface area contributed by atoms with Crippen molar-refractivity contribution < 1.29 is 9.90 Å². The number of benzene rings is 1. The lowest BCUT2D eigenvalue weighted by molar-refractivity contribution is 0.0697. The van der Waals surface area contributed by atoms with Crippen LogP contribution in [0.25, 0.3) is 0 Å². The van der Waals surface area contributed by atoms with Crippen LogP contribution < -0.4 is 5.32 Å². The third-order valence-corrected chi connectivity index (χ3v) is 4.20. The van der Waals surface area contributed by atoms with Crippen molar-refractivity contribution in [3.05, 3.63) is 29.3 Å². The van der Waals surface area contributed by atoms with Crippen molar-refractivity contribution in [2.75, 3.05) is 5.32 Å². The highest BCUT2D eigenvalue weighted by Gasteiger charge is 2.21. The first-order valence-corrected chi connectivity index (χ1v) is 7.20. The van der Waals surface area contributed by atoms with E-state index in [0.717, 1.165) is 17.2 Å². The van der Waals surface area contributed by atoms with Crippen LogP contribution in [0, 0.1) is 12.8 Å². The molecule has 0 saturated heterocycles. The molecule has 2 unspecified atom stereocenters. The molecule has 1 aromatic rings. The molecule has 0 aliphatic heterocycles. The second kappa shape index (κ2) is 6.09. The lowest BCUT2D eigenvalue weighted by Crippen LogP contribution is -2.27. The molecule has 0 bridgehead atoms. The standard InChI is InChI=1S/C16H23NO2/c1-3-12-5-4-6-14(9-12)17-15-10-13(16(18)19)8-7-11(15)2/h7-8,10,12,14,17H,3-6,9H2,1-2H3,(H,18,19). The summed E-state index contributed by atoms with van der Waals surface area (Å²) in [7, 11) is 0. The molecule has 1 fully saturated rings. The number of aryl methyl sites for hydroxylation is 1. The van der Waals surface area contributed by atoms with E-state index < -0.39 is 5.97 Å². The van der Waals surface area contributed by atoms with Gasteiger partial charge in [0.25, 0.3) is 0 Å². The number of carboxylic acid groups (broad SMARTS) is 1. The smallest absolute Gasteiger partial charge is 0.335 e. The van der Waals surface area contributed by atoms with Gasteiger partial charge in [-0.3, -0.25) is 0 Å². The van der Waals surface area contributed by atoms with Crippen LogP contribution in [0.1, 0.15) is 54.9 Å². The van der Waals surface area contributed by atoms with Gasteiger partial charge < -0.3 is 10.4 Å². The number of carbonyl (C=O) groups is 1. The molecule has 2 rings (SSSR count). The Balaban J connectivity index is 2.09. The number of nitrogens with one attached hydrogen (secondary N) is 1. The highest BCUT2D eigenvalue weighted by molar-refractivity contribution is 5.89. The van der Waals surface area contributed by atoms with Crippen molar-refractivity contribution in [1.82, 2.24) is 0 Å². The van der Waals surface area contributed by atoms with Crippen molar-refractivity contribution in [3.8, 4) is 0 Å². The number of hydrogen-bond donors (Lipinski definition) is 2. The van der Waals surface area contributed by atoms with E-state index in [2.05, 4.69) is 12.2 Å². The summed E-state index contributed by atoms with van der Waals surface area (Å²) >= 11 is 0. The first kappa shape index (κ1) is 13.9. The topological polar surface area (TPSA) is 49.3 Å². The summed E-state index contributed by atoms with van der Waals surface area (Å²) in [5, 5.41) is 12.6. The van der Waals surface area contributed by atoms with Crippen molar-refractivity contribution in [2.45, 2.75) is 52.0 Å². The molecule has 1 aliphatic carbocycles. The van der Waals surface area contributed by atoms with Gasteiger partial charge in [-0.2, -0.15) is 0 Å². The molecule has 104 valence electrons. The highest BCUT2D eigenvalue weighted by atomic mass is 16.4. The Morgan fingerprint density at radius 2 is 2.21 bits per heavy atom. The van der Waals surface area contributed by atoms with Crippen LogP contribution in [0.2, 0.25) is 0 Å². The molecule has 0 radical (unpaired) electrons. The van der Waals surface area contributed by atoms with Gasteiger partial charge in [0, 0.05) is 11.7 Å². The van der Waals surface area contributed by atoms with Crippen LogP contribution in [-0.2, 0) is 0 Å². The van der Waals surface area contributed by atoms with Gasteiger partial charge in [0.05, 0.1) is 5.56 Å². The third kappa shape index (κ3) is 3.49. The van der Waals surface area contributed by atoms with Gasteiger partial charge in [0.15, 0.2) is 0 Å². The van der Waals surface area contributed by atoms with E-state index >= 15 is 0 Å². The van der Waals surface area contributed by atoms with Crippen molar-refractivity contribution in [1.29, 1.82) is 0 Å². The van der Waals surface area contributed by atoms with Gasteiger partial charge >= 0.3 is 5.97 Å². The van der Waals surface area contributed by atoms with E-state index in [1.54, 1.807) is 12.1 Å². The Kier molecular flexibility index (Phi) is 4.46. The van der Waals surface area contributed by atoms with Crippen LogP contribution >= 0.6 is 0 Å². The first-order chi connectivity index (χ1) is 9.10. The predicted octanol–water partition coefficient (Wildman–Crippen LogP) is 4.07. The Bertz CT molecular complexity index is 456. The second-order valence-electron chi connectivity index (χ2n) is 5.62. The molecule has 1 saturated carbocycles. The number of hydrogen-bond acceptors (Lipinski definition) is 2. The first-order valence-electron chi connectivity index (χ1n) is 7.20. The maximum Gasteiger partial charge on any atom is 0.335 e. The van der Waals surface area contributed by atoms with Crippen molar-refractivity contribution in [2.24, 2.45) is 5.92 Å². The van der Waals surface area contributed by atoms with Crippen molar-refractivity contribution in [3.63, 3.8) is 0 Å². The van der Waals surface area contributed by atoms with Crippen LogP contribution in [0.4, 0.5) is 5.69 Å². The molecule has 1 aliphatic rings. The molecule has 1 aromatic carbocycles. The Morgan fingerprint density at radius 3 is 2.89 bits per heavy atom. The predicted molar refractivity (Wildman–Crippen MR) is 77.8 cm³/mol. The molecule has 0 aromatic heterocycles. The average molecular weight is 261 g/mol. The van der Waals surface area contributed by atoms with Gasteiger partial charge in [-0.1, -0.05) is 32.3 Å². The molecule has 3 heteroatoms. The molecule has 2 N–H and O–H groups in total. The lowest BCUT2D eigenvalue weighted by Gasteiger charge is -2.30. The molecular formula is C16H23NO2. The average Bonchev–Trinajstić information content (AvgIpc) is 2.41. The number of rotatable bonds is 4. The summed E-state index contributed by atoms with van der Waals surface area (Å²) in [6.07, 6.45) is 6.24. The molecule has 0 amide bonds. The van der Waals surface area contributed by atoms with E-state index in [1.165, 1.54) is 32.1 Å². The number of anilines is 1. The zero-order chi connectivity index (χ0) is 13.8. The largest absolute Gasteiger partial charge is 0.478 e. The minimum absolute atomic E-state index is 0.357. The zero-order valence-corrected chi connectivity index (χ0v) is 11.8. The zero-order valence-electron chi connectivity index (χ0n) is 11.8. The summed E-state index contributed by atoms with van der Waals surface area (Å²) < 4.78 is 0. The van der Waals surface area contributed by atoms with E-state index in [9.17, 15) is 4.79 Å². The van der Waals surface area contributed by atoms with Gasteiger partial charge in [-0.05, 0) is 43.4 Å². The van der Waals surface area contributed by atoms with Gasteiger partial charge in [0.2, 0.25) is 0 Å². The van der Waals surface area contributed by atoms with E-state index in [-0.39, 0.29) is 0 Å². The Hall–Kier alpha value is -1.51. The Labute approximate surface area is 115 Å². The minimum atomic E-state index is -0.863. The number of aromatic carboxylic acids is 1. The summed E-state index contributed by atoms with van der Waals surface area (Å²) in [5.74, 6) is -0.0488. The highest BCUT2D eigenvalue weighted by Crippen LogP contribution is 2.29. The minimum Gasteiger partial charge on any atom is -0.478 e. The maximum atomic E-state index is 11.0. The fourth-order valence-electron chi connectivity index (χ4n) is 2.92. The summed E-state index contributed by atoms with van der Waals surface area (Å²) in [6.45, 7) is 4.28. The van der Waals surface area contributed by atoms with Crippen LogP contribution in [-0.4, -0.2) is 17.1 Å². The fraction of sp³-hybridized carbons (Fsp3) is 0.562. The quantitative estimate of drug-likeness (QED) is 0.858. The van der Waals surface area contributed by atoms with Gasteiger partial charge in [-0.25, -0.2) is 4.79 Å². The van der Waals surface area contributed by atoms with E-state index in [4.69, 9.17) is 5.11 Å². The van der Waals surface area contributed by atoms with Gasteiger partial charge in [-0.15, -0.1) is 0 Å². The Morgan fingerprint density at radius 1 is 1.42 bits per heavy atom. The monoisotopic (exact) mass is 261 g/mol. The van der Waals surface area contributed by atoms with Crippen LogP contribution in [0.5, 0.6) is 0 Å². The third-order valence-electron chi connectivity index (χ3n) is 4.20. The van der Waals surface area contributed by atoms with Crippen molar-refractivity contribution >= 4 is 11.7 Å². The van der Waals surface area contributed by atoms with Crippen LogP contribution in [0.15, 0.2) is 18.2 Å². The summed E-state index contributed by atoms with van der Waals surface area (Å²) in [5.41, 5.74) is 2.45. The molecule has 2 atom stereocenters. The molecule has 19 heavy (non-hydrogen) atoms. The fourth-order valence-corrected chi connectivity index (χ4v) is 2.92.